The molecule has 1 aromatic carbocycles. The molecule has 1 N–H and O–H groups in total. The highest BCUT2D eigenvalue weighted by Gasteiger charge is 2.36. The molecule has 0 bridgehead atoms. The molecule has 1 aliphatic rings. The minimum Gasteiger partial charge on any atom is -0.278 e. The Balaban J connectivity index is 2.31. The summed E-state index contributed by atoms with van der Waals surface area (Å²) < 4.78 is -3.56. The van der Waals surface area contributed by atoms with E-state index in [0.717, 1.165) is 10.7 Å². The standard InChI is InChI=1S/C13H9Cl6N3/c14-12(15,16)11-8-10(20-22(21-11)13(17,18)19)7-6-9-4-2-1-3-5-9/h1-8,21H. The molecule has 0 aliphatic carbocycles. The van der Waals surface area contributed by atoms with Crippen LogP contribution in [0.2, 0.25) is 0 Å². The number of hydrazine groups is 1. The van der Waals surface area contributed by atoms with Crippen LogP contribution in [0.15, 0.2) is 53.3 Å². The van der Waals surface area contributed by atoms with Crippen LogP contribution in [-0.2, 0) is 0 Å². The minimum atomic E-state index is -1.85. The summed E-state index contributed by atoms with van der Waals surface area (Å²) in [6.07, 6.45) is 5.11. The molecule has 1 aliphatic heterocycles. The first-order valence-corrected chi connectivity index (χ1v) is 8.17. The van der Waals surface area contributed by atoms with Crippen molar-refractivity contribution in [2.24, 2.45) is 5.10 Å². The van der Waals surface area contributed by atoms with E-state index in [0.29, 0.717) is 5.71 Å². The number of halogens is 6. The van der Waals surface area contributed by atoms with Gasteiger partial charge in [0, 0.05) is 0 Å². The largest absolute Gasteiger partial charge is 0.301 e. The molecule has 1 aromatic rings. The lowest BCUT2D eigenvalue weighted by Gasteiger charge is -2.33. The first-order chi connectivity index (χ1) is 10.2. The van der Waals surface area contributed by atoms with Crippen molar-refractivity contribution < 1.29 is 0 Å². The number of hydrazone groups is 1. The molecule has 1 heterocycles. The molecule has 2 rings (SSSR count). The Bertz CT molecular complexity index is 613. The lowest BCUT2D eigenvalue weighted by Crippen LogP contribution is -2.47. The molecule has 0 aromatic heterocycles. The van der Waals surface area contributed by atoms with Gasteiger partial charge in [0.2, 0.25) is 3.79 Å². The van der Waals surface area contributed by atoms with Gasteiger partial charge in [-0.3, -0.25) is 5.43 Å². The first-order valence-electron chi connectivity index (χ1n) is 5.90. The van der Waals surface area contributed by atoms with Crippen LogP contribution in [0.25, 0.3) is 6.08 Å². The van der Waals surface area contributed by atoms with Crippen molar-refractivity contribution in [3.8, 4) is 0 Å². The summed E-state index contributed by atoms with van der Waals surface area (Å²) in [5.41, 5.74) is 4.29. The van der Waals surface area contributed by atoms with E-state index >= 15 is 0 Å². The van der Waals surface area contributed by atoms with Crippen molar-refractivity contribution in [2.75, 3.05) is 0 Å². The normalized spacial score (nSPS) is 16.4. The maximum Gasteiger partial charge on any atom is 0.301 e. The molecule has 118 valence electrons. The van der Waals surface area contributed by atoms with Gasteiger partial charge in [0.05, 0.1) is 11.4 Å². The number of nitrogens with zero attached hydrogens (tertiary/aromatic N) is 2. The van der Waals surface area contributed by atoms with Crippen LogP contribution >= 0.6 is 69.6 Å². The molecule has 0 spiro atoms. The fourth-order valence-electron chi connectivity index (χ4n) is 1.56. The Morgan fingerprint density at radius 3 is 2.14 bits per heavy atom. The average Bonchev–Trinajstić information content (AvgIpc) is 2.44. The van der Waals surface area contributed by atoms with Crippen molar-refractivity contribution in [1.29, 1.82) is 0 Å². The first kappa shape index (κ1) is 18.1. The molecule has 3 nitrogen and oxygen atoms in total. The molecular weight excluding hydrogens is 411 g/mol. The van der Waals surface area contributed by atoms with Gasteiger partial charge in [-0.25, -0.2) is 0 Å². The van der Waals surface area contributed by atoms with Crippen molar-refractivity contribution >= 4 is 81.4 Å². The van der Waals surface area contributed by atoms with Crippen molar-refractivity contribution in [3.63, 3.8) is 0 Å². The quantitative estimate of drug-likeness (QED) is 0.509. The summed E-state index contributed by atoms with van der Waals surface area (Å²) in [6, 6.07) is 9.62. The van der Waals surface area contributed by atoms with E-state index in [-0.39, 0.29) is 5.70 Å². The SMILES string of the molecule is ClC(Cl)(Cl)C1=CC(C=Cc2ccccc2)=NN(C(Cl)(Cl)Cl)N1. The van der Waals surface area contributed by atoms with Gasteiger partial charge in [0.25, 0.3) is 0 Å². The maximum atomic E-state index is 5.87. The third kappa shape index (κ3) is 5.12. The van der Waals surface area contributed by atoms with Gasteiger partial charge < -0.3 is 0 Å². The van der Waals surface area contributed by atoms with Gasteiger partial charge in [-0.05, 0) is 17.7 Å². The summed E-state index contributed by atoms with van der Waals surface area (Å²) in [6.45, 7) is 0. The van der Waals surface area contributed by atoms with E-state index in [1.807, 2.05) is 36.4 Å². The molecular formula is C13H9Cl6N3. The summed E-state index contributed by atoms with van der Waals surface area (Å²) in [4.78, 5) is 0. The summed E-state index contributed by atoms with van der Waals surface area (Å²) in [7, 11) is 0. The second-order valence-corrected chi connectivity index (χ2v) is 8.72. The molecule has 0 saturated heterocycles. The second kappa shape index (κ2) is 7.08. The topological polar surface area (TPSA) is 27.6 Å². The monoisotopic (exact) mass is 417 g/mol. The van der Waals surface area contributed by atoms with Crippen molar-refractivity contribution in [1.82, 2.24) is 10.5 Å². The van der Waals surface area contributed by atoms with Crippen LogP contribution < -0.4 is 5.43 Å². The van der Waals surface area contributed by atoms with Gasteiger partial charge in [-0.1, -0.05) is 106 Å². The Kier molecular flexibility index (Phi) is 5.81. The van der Waals surface area contributed by atoms with Crippen molar-refractivity contribution in [3.05, 3.63) is 53.7 Å². The molecule has 22 heavy (non-hydrogen) atoms. The Hall–Kier alpha value is -0.290. The molecule has 0 radical (unpaired) electrons. The zero-order valence-electron chi connectivity index (χ0n) is 10.8. The van der Waals surface area contributed by atoms with E-state index < -0.39 is 7.71 Å². The molecule has 0 fully saturated rings. The van der Waals surface area contributed by atoms with Crippen LogP contribution in [-0.4, -0.2) is 18.5 Å². The highest BCUT2D eigenvalue weighted by atomic mass is 35.6. The second-order valence-electron chi connectivity index (χ2n) is 4.22. The average molecular weight is 420 g/mol. The van der Waals surface area contributed by atoms with Crippen molar-refractivity contribution in [2.45, 2.75) is 7.71 Å². The van der Waals surface area contributed by atoms with Crippen LogP contribution in [0.4, 0.5) is 0 Å². The highest BCUT2D eigenvalue weighted by molar-refractivity contribution is 6.69. The zero-order chi connectivity index (χ0) is 16.4. The van der Waals surface area contributed by atoms with Crippen LogP contribution in [0, 0.1) is 0 Å². The molecule has 0 unspecified atom stereocenters. The Morgan fingerprint density at radius 2 is 1.59 bits per heavy atom. The van der Waals surface area contributed by atoms with Crippen LogP contribution in [0.3, 0.4) is 0 Å². The number of alkyl halides is 6. The number of hydrogen-bond donors (Lipinski definition) is 1. The highest BCUT2D eigenvalue weighted by Crippen LogP contribution is 2.37. The maximum absolute atomic E-state index is 5.87. The van der Waals surface area contributed by atoms with Gasteiger partial charge >= 0.3 is 3.92 Å². The van der Waals surface area contributed by atoms with Crippen LogP contribution in [0.5, 0.6) is 0 Å². The smallest absolute Gasteiger partial charge is 0.278 e. The fraction of sp³-hybridized carbons (Fsp3) is 0.154. The molecule has 9 heteroatoms. The Labute approximate surface area is 158 Å². The lowest BCUT2D eigenvalue weighted by molar-refractivity contribution is 0.216. The summed E-state index contributed by atoms with van der Waals surface area (Å²) in [5.74, 6) is 0. The number of hydrogen-bond acceptors (Lipinski definition) is 3. The van der Waals surface area contributed by atoms with E-state index in [9.17, 15) is 0 Å². The summed E-state index contributed by atoms with van der Waals surface area (Å²) >= 11 is 35.1. The van der Waals surface area contributed by atoms with E-state index in [4.69, 9.17) is 69.6 Å². The lowest BCUT2D eigenvalue weighted by atomic mass is 10.2. The molecule has 0 saturated carbocycles. The third-order valence-corrected chi connectivity index (χ3v) is 3.62. The fourth-order valence-corrected chi connectivity index (χ4v) is 2.09. The Morgan fingerprint density at radius 1 is 0.955 bits per heavy atom. The van der Waals surface area contributed by atoms with Gasteiger partial charge in [-0.15, -0.1) is 0 Å². The van der Waals surface area contributed by atoms with Gasteiger partial charge in [0.15, 0.2) is 0 Å². The van der Waals surface area contributed by atoms with E-state index in [2.05, 4.69) is 10.5 Å². The minimum absolute atomic E-state index is 0.214. The zero-order valence-corrected chi connectivity index (χ0v) is 15.3. The van der Waals surface area contributed by atoms with Gasteiger partial charge in [0.1, 0.15) is 0 Å². The summed E-state index contributed by atoms with van der Waals surface area (Å²) in [5, 5.41) is 5.12. The predicted molar refractivity (Wildman–Crippen MR) is 96.5 cm³/mol. The molecule has 0 atom stereocenters. The number of allylic oxidation sites excluding steroid dienone is 3. The van der Waals surface area contributed by atoms with E-state index in [1.54, 1.807) is 12.2 Å². The number of rotatable bonds is 2. The molecule has 0 amide bonds. The number of nitrogens with one attached hydrogen (secondary N) is 1. The number of benzene rings is 1. The van der Waals surface area contributed by atoms with Crippen LogP contribution in [0.1, 0.15) is 5.56 Å². The van der Waals surface area contributed by atoms with Gasteiger partial charge in [-0.2, -0.15) is 10.2 Å². The van der Waals surface area contributed by atoms with E-state index in [1.165, 1.54) is 0 Å². The predicted octanol–water partition coefficient (Wildman–Crippen LogP) is 5.46. The third-order valence-electron chi connectivity index (χ3n) is 2.53.